The summed E-state index contributed by atoms with van der Waals surface area (Å²) in [5, 5.41) is 2.57. The average Bonchev–Trinajstić information content (AvgIpc) is 2.85. The number of unbranched alkanes of at least 4 members (excludes halogenated alkanes) is 21. The fourth-order valence-corrected chi connectivity index (χ4v) is 4.59. The summed E-state index contributed by atoms with van der Waals surface area (Å²) in [5.41, 5.74) is 0. The van der Waals surface area contributed by atoms with Crippen molar-refractivity contribution in [3.63, 3.8) is 0 Å². The smallest absolute Gasteiger partial charge is 0.226 e. The van der Waals surface area contributed by atoms with Crippen molar-refractivity contribution in [3.8, 4) is 0 Å². The number of carbonyl (C=O) groups excluding carboxylic acids is 2. The lowest BCUT2D eigenvalue weighted by Gasteiger charge is -2.05. The van der Waals surface area contributed by atoms with Crippen molar-refractivity contribution in [2.24, 2.45) is 0 Å². The number of hydrogen-bond acceptors (Lipinski definition) is 2. The SMILES string of the molecule is CCCCCCCCC=CCCCCCCCCCCCC(=O)NC(=O)CCCCCCCCC. The maximum atomic E-state index is 11.9. The first-order valence-corrected chi connectivity index (χ1v) is 15.7. The van der Waals surface area contributed by atoms with E-state index in [4.69, 9.17) is 0 Å². The number of carbonyl (C=O) groups is 2. The molecule has 0 saturated heterocycles. The summed E-state index contributed by atoms with van der Waals surface area (Å²) in [6, 6.07) is 0. The molecule has 0 aromatic rings. The van der Waals surface area contributed by atoms with Gasteiger partial charge < -0.3 is 0 Å². The Kier molecular flexibility index (Phi) is 28.2. The van der Waals surface area contributed by atoms with Crippen LogP contribution in [0.4, 0.5) is 0 Å². The first-order chi connectivity index (χ1) is 17.2. The van der Waals surface area contributed by atoms with E-state index < -0.39 is 0 Å². The zero-order chi connectivity index (χ0) is 25.7. The van der Waals surface area contributed by atoms with Crippen LogP contribution in [0.3, 0.4) is 0 Å². The summed E-state index contributed by atoms with van der Waals surface area (Å²) in [7, 11) is 0. The van der Waals surface area contributed by atoms with E-state index in [1.165, 1.54) is 128 Å². The van der Waals surface area contributed by atoms with E-state index in [1.54, 1.807) is 0 Å². The number of hydrogen-bond donors (Lipinski definition) is 1. The van der Waals surface area contributed by atoms with Crippen LogP contribution in [-0.4, -0.2) is 11.8 Å². The van der Waals surface area contributed by atoms with Gasteiger partial charge in [-0.1, -0.05) is 142 Å². The summed E-state index contributed by atoms with van der Waals surface area (Å²) in [4.78, 5) is 23.8. The van der Waals surface area contributed by atoms with Gasteiger partial charge in [0.05, 0.1) is 0 Å². The van der Waals surface area contributed by atoms with Crippen molar-refractivity contribution in [3.05, 3.63) is 12.2 Å². The monoisotopic (exact) mass is 491 g/mol. The molecule has 2 amide bonds. The second-order valence-corrected chi connectivity index (χ2v) is 10.6. The van der Waals surface area contributed by atoms with Gasteiger partial charge in [-0.15, -0.1) is 0 Å². The second-order valence-electron chi connectivity index (χ2n) is 10.6. The summed E-state index contributed by atoms with van der Waals surface area (Å²) in [5.74, 6) is -0.171. The molecule has 35 heavy (non-hydrogen) atoms. The third kappa shape index (κ3) is 29.0. The lowest BCUT2D eigenvalue weighted by Crippen LogP contribution is -2.29. The van der Waals surface area contributed by atoms with Crippen LogP contribution in [0, 0.1) is 0 Å². The number of rotatable bonds is 27. The van der Waals surface area contributed by atoms with Crippen LogP contribution in [0.25, 0.3) is 0 Å². The molecule has 0 aliphatic heterocycles. The summed E-state index contributed by atoms with van der Waals surface area (Å²) in [6.07, 6.45) is 36.2. The van der Waals surface area contributed by atoms with Gasteiger partial charge in [0.2, 0.25) is 11.8 Å². The molecule has 1 N–H and O–H groups in total. The second kappa shape index (κ2) is 29.1. The van der Waals surface area contributed by atoms with E-state index >= 15 is 0 Å². The molecule has 0 heterocycles. The van der Waals surface area contributed by atoms with E-state index in [2.05, 4.69) is 31.3 Å². The predicted molar refractivity (Wildman–Crippen MR) is 154 cm³/mol. The molecule has 0 radical (unpaired) electrons. The number of allylic oxidation sites excluding steroid dienone is 2. The first-order valence-electron chi connectivity index (χ1n) is 15.7. The van der Waals surface area contributed by atoms with Crippen molar-refractivity contribution in [2.75, 3.05) is 0 Å². The standard InChI is InChI=1S/C32H61NO2/c1-3-5-7-9-11-12-13-14-15-16-17-18-19-20-21-22-24-26-28-30-32(35)33-31(34)29-27-25-23-10-8-6-4-2/h14-15H,3-13,16-30H2,1-2H3,(H,33,34,35). The van der Waals surface area contributed by atoms with Gasteiger partial charge in [0.15, 0.2) is 0 Å². The fourth-order valence-electron chi connectivity index (χ4n) is 4.59. The highest BCUT2D eigenvalue weighted by Crippen LogP contribution is 2.13. The van der Waals surface area contributed by atoms with Crippen molar-refractivity contribution in [1.82, 2.24) is 5.32 Å². The Morgan fingerprint density at radius 2 is 0.714 bits per heavy atom. The van der Waals surface area contributed by atoms with Crippen LogP contribution in [0.5, 0.6) is 0 Å². The molecule has 0 rings (SSSR count). The summed E-state index contributed by atoms with van der Waals surface area (Å²) < 4.78 is 0. The van der Waals surface area contributed by atoms with Crippen LogP contribution in [0.2, 0.25) is 0 Å². The molecular weight excluding hydrogens is 430 g/mol. The van der Waals surface area contributed by atoms with Gasteiger partial charge in [0.1, 0.15) is 0 Å². The lowest BCUT2D eigenvalue weighted by molar-refractivity contribution is -0.130. The summed E-state index contributed by atoms with van der Waals surface area (Å²) >= 11 is 0. The molecule has 0 aliphatic rings. The van der Waals surface area contributed by atoms with Crippen LogP contribution < -0.4 is 5.32 Å². The minimum absolute atomic E-state index is 0.0843. The van der Waals surface area contributed by atoms with Gasteiger partial charge in [-0.25, -0.2) is 0 Å². The minimum atomic E-state index is -0.0862. The van der Waals surface area contributed by atoms with Crippen LogP contribution in [-0.2, 0) is 9.59 Å². The van der Waals surface area contributed by atoms with Crippen molar-refractivity contribution >= 4 is 11.8 Å². The van der Waals surface area contributed by atoms with Gasteiger partial charge in [0, 0.05) is 12.8 Å². The number of imide groups is 1. The summed E-state index contributed by atoms with van der Waals surface area (Å²) in [6.45, 7) is 4.50. The molecule has 0 bridgehead atoms. The molecule has 0 aromatic heterocycles. The number of nitrogens with one attached hydrogen (secondary N) is 1. The highest BCUT2D eigenvalue weighted by atomic mass is 16.2. The normalized spacial score (nSPS) is 11.4. The van der Waals surface area contributed by atoms with E-state index in [-0.39, 0.29) is 11.8 Å². The van der Waals surface area contributed by atoms with Crippen LogP contribution in [0.1, 0.15) is 181 Å². The Labute approximate surface area is 219 Å². The maximum absolute atomic E-state index is 11.9. The molecule has 0 saturated carbocycles. The highest BCUT2D eigenvalue weighted by molar-refractivity contribution is 5.95. The average molecular weight is 492 g/mol. The van der Waals surface area contributed by atoms with Crippen molar-refractivity contribution < 1.29 is 9.59 Å². The molecule has 0 unspecified atom stereocenters. The van der Waals surface area contributed by atoms with Gasteiger partial charge >= 0.3 is 0 Å². The van der Waals surface area contributed by atoms with E-state index in [1.807, 2.05) is 0 Å². The molecule has 3 nitrogen and oxygen atoms in total. The Balaban J connectivity index is 3.29. The van der Waals surface area contributed by atoms with Gasteiger partial charge in [0.25, 0.3) is 0 Å². The molecule has 206 valence electrons. The first kappa shape index (κ1) is 33.9. The Bertz CT molecular complexity index is 486. The van der Waals surface area contributed by atoms with E-state index in [0.717, 1.165) is 25.7 Å². The third-order valence-electron chi connectivity index (χ3n) is 6.95. The fraction of sp³-hybridized carbons (Fsp3) is 0.875. The van der Waals surface area contributed by atoms with Crippen LogP contribution in [0.15, 0.2) is 12.2 Å². The van der Waals surface area contributed by atoms with Gasteiger partial charge in [-0.2, -0.15) is 0 Å². The van der Waals surface area contributed by atoms with E-state index in [0.29, 0.717) is 12.8 Å². The van der Waals surface area contributed by atoms with Crippen molar-refractivity contribution in [1.29, 1.82) is 0 Å². The van der Waals surface area contributed by atoms with Gasteiger partial charge in [-0.05, 0) is 38.5 Å². The molecule has 3 heteroatoms. The Morgan fingerprint density at radius 1 is 0.429 bits per heavy atom. The Hall–Kier alpha value is -1.12. The topological polar surface area (TPSA) is 46.2 Å². The van der Waals surface area contributed by atoms with Crippen LogP contribution >= 0.6 is 0 Å². The molecule has 0 fully saturated rings. The molecule has 0 aliphatic carbocycles. The number of amides is 2. The molecule has 0 aromatic carbocycles. The van der Waals surface area contributed by atoms with E-state index in [9.17, 15) is 9.59 Å². The molecule has 0 atom stereocenters. The zero-order valence-corrected chi connectivity index (χ0v) is 23.9. The molecular formula is C32H61NO2. The highest BCUT2D eigenvalue weighted by Gasteiger charge is 2.07. The van der Waals surface area contributed by atoms with Crippen molar-refractivity contribution in [2.45, 2.75) is 181 Å². The molecule has 0 spiro atoms. The largest absolute Gasteiger partial charge is 0.296 e. The zero-order valence-electron chi connectivity index (χ0n) is 23.9. The predicted octanol–water partition coefficient (Wildman–Crippen LogP) is 10.4. The Morgan fingerprint density at radius 3 is 1.06 bits per heavy atom. The third-order valence-corrected chi connectivity index (χ3v) is 6.95. The van der Waals surface area contributed by atoms with Gasteiger partial charge in [-0.3, -0.25) is 14.9 Å². The minimum Gasteiger partial charge on any atom is -0.296 e. The quantitative estimate of drug-likeness (QED) is 0.0917. The lowest BCUT2D eigenvalue weighted by atomic mass is 10.1. The maximum Gasteiger partial charge on any atom is 0.226 e.